The van der Waals surface area contributed by atoms with Crippen LogP contribution in [0.25, 0.3) is 0 Å². The Hall–Kier alpha value is -2.12. The lowest BCUT2D eigenvalue weighted by Gasteiger charge is -2.21. The number of hydrogen-bond donors (Lipinski definition) is 0. The van der Waals surface area contributed by atoms with Gasteiger partial charge in [-0.15, -0.1) is 0 Å². The fourth-order valence-electron chi connectivity index (χ4n) is 2.83. The molecule has 2 aliphatic rings. The lowest BCUT2D eigenvalue weighted by atomic mass is 9.88. The predicted molar refractivity (Wildman–Crippen MR) is 101 cm³/mol. The molecule has 0 saturated heterocycles. The van der Waals surface area contributed by atoms with E-state index in [9.17, 15) is 13.2 Å². The average Bonchev–Trinajstić information content (AvgIpc) is 3.22. The van der Waals surface area contributed by atoms with E-state index in [-0.39, 0.29) is 46.1 Å². The first-order chi connectivity index (χ1) is 12.7. The minimum atomic E-state index is -4.53. The van der Waals surface area contributed by atoms with Gasteiger partial charge in [0.1, 0.15) is 24.6 Å². The van der Waals surface area contributed by atoms with Gasteiger partial charge in [0.05, 0.1) is 17.6 Å². The molecule has 0 aliphatic carbocycles. The maximum absolute atomic E-state index is 13.5. The predicted octanol–water partition coefficient (Wildman–Crippen LogP) is 4.48. The first-order valence-corrected chi connectivity index (χ1v) is 9.26. The third-order valence-corrected chi connectivity index (χ3v) is 4.89. The topological polar surface area (TPSA) is 56.1 Å². The van der Waals surface area contributed by atoms with Crippen molar-refractivity contribution in [2.24, 2.45) is 20.8 Å². The molecule has 5 nitrogen and oxygen atoms in total. The van der Waals surface area contributed by atoms with Gasteiger partial charge in [-0.25, -0.2) is 15.0 Å². The van der Waals surface area contributed by atoms with Gasteiger partial charge in [-0.1, -0.05) is 41.5 Å². The Bertz CT molecular complexity index is 759. The summed E-state index contributed by atoms with van der Waals surface area (Å²) in [5.41, 5.74) is -1.07. The molecule has 3 rings (SSSR count). The van der Waals surface area contributed by atoms with E-state index in [1.807, 2.05) is 41.5 Å². The van der Waals surface area contributed by atoms with Crippen LogP contribution in [-0.2, 0) is 15.7 Å². The molecule has 0 radical (unpaired) electrons. The van der Waals surface area contributed by atoms with E-state index in [0.717, 1.165) is 12.1 Å². The second kappa shape index (κ2) is 6.74. The van der Waals surface area contributed by atoms with Crippen LogP contribution in [-0.4, -0.2) is 42.1 Å². The summed E-state index contributed by atoms with van der Waals surface area (Å²) < 4.78 is 51.6. The Morgan fingerprint density at radius 2 is 1.18 bits per heavy atom. The number of rotatable bonds is 2. The third kappa shape index (κ3) is 4.31. The summed E-state index contributed by atoms with van der Waals surface area (Å²) in [6.07, 6.45) is -4.53. The van der Waals surface area contributed by atoms with E-state index in [4.69, 9.17) is 9.47 Å². The van der Waals surface area contributed by atoms with Gasteiger partial charge in [-0.05, 0) is 23.0 Å². The molecule has 0 amide bonds. The number of alkyl halides is 3. The summed E-state index contributed by atoms with van der Waals surface area (Å²) in [4.78, 5) is 13.2. The van der Waals surface area contributed by atoms with Crippen LogP contribution >= 0.6 is 0 Å². The normalized spacial score (nSPS) is 23.2. The molecule has 3 heterocycles. The molecule has 2 aliphatic heterocycles. The van der Waals surface area contributed by atoms with Crippen molar-refractivity contribution in [1.29, 1.82) is 0 Å². The lowest BCUT2D eigenvalue weighted by molar-refractivity contribution is -0.137. The number of hydrogen-bond acceptors (Lipinski definition) is 5. The number of ether oxygens (including phenoxy) is 2. The van der Waals surface area contributed by atoms with Crippen molar-refractivity contribution >= 4 is 11.8 Å². The minimum absolute atomic E-state index is 0.0436. The molecule has 0 spiro atoms. The summed E-state index contributed by atoms with van der Waals surface area (Å²) >= 11 is 0. The van der Waals surface area contributed by atoms with Crippen LogP contribution in [0.1, 0.15) is 58.5 Å². The van der Waals surface area contributed by atoms with Gasteiger partial charge in [0.15, 0.2) is 0 Å². The van der Waals surface area contributed by atoms with Gasteiger partial charge in [0, 0.05) is 0 Å². The molecule has 1 aromatic heterocycles. The van der Waals surface area contributed by atoms with Gasteiger partial charge < -0.3 is 9.47 Å². The molecule has 2 atom stereocenters. The lowest BCUT2D eigenvalue weighted by Crippen LogP contribution is -2.25. The molecule has 0 fully saturated rings. The van der Waals surface area contributed by atoms with Crippen LogP contribution in [0.4, 0.5) is 13.2 Å². The standard InChI is InChI=1S/C20H26F3N3O2/c1-18(2,3)14-9-27-16(25-14)12-7-11(20(21,22)23)8-13(24-12)17-26-15(10-28-17)19(4,5)6/h7-8,14-15H,9-10H2,1-6H3. The van der Waals surface area contributed by atoms with Gasteiger partial charge in [-0.2, -0.15) is 13.2 Å². The highest BCUT2D eigenvalue weighted by Crippen LogP contribution is 2.33. The summed E-state index contributed by atoms with van der Waals surface area (Å²) in [5.74, 6) is 0.247. The number of pyridine rings is 1. The molecule has 0 aromatic carbocycles. The zero-order valence-corrected chi connectivity index (χ0v) is 17.0. The van der Waals surface area contributed by atoms with Crippen molar-refractivity contribution in [3.8, 4) is 0 Å². The molecule has 154 valence electrons. The highest BCUT2D eigenvalue weighted by Gasteiger charge is 2.37. The van der Waals surface area contributed by atoms with Gasteiger partial charge in [-0.3, -0.25) is 0 Å². The van der Waals surface area contributed by atoms with E-state index >= 15 is 0 Å². The van der Waals surface area contributed by atoms with Crippen molar-refractivity contribution < 1.29 is 22.6 Å². The molecule has 0 N–H and O–H groups in total. The Balaban J connectivity index is 2.03. The summed E-state index contributed by atoms with van der Waals surface area (Å²) in [6, 6.07) is 1.63. The van der Waals surface area contributed by atoms with Crippen LogP contribution < -0.4 is 0 Å². The summed E-state index contributed by atoms with van der Waals surface area (Å²) in [7, 11) is 0. The summed E-state index contributed by atoms with van der Waals surface area (Å²) in [5, 5.41) is 0. The molecule has 0 bridgehead atoms. The Morgan fingerprint density at radius 1 is 0.786 bits per heavy atom. The second-order valence-corrected chi connectivity index (χ2v) is 9.38. The fourth-order valence-corrected chi connectivity index (χ4v) is 2.83. The SMILES string of the molecule is CC(C)(C)C1COC(c2cc(C(F)(F)F)cc(C3=NC(C(C)(C)C)CO3)n2)=N1. The Kier molecular flexibility index (Phi) is 4.96. The quantitative estimate of drug-likeness (QED) is 0.739. The fraction of sp³-hybridized carbons (Fsp3) is 0.650. The zero-order valence-electron chi connectivity index (χ0n) is 17.0. The van der Waals surface area contributed by atoms with E-state index in [1.165, 1.54) is 0 Å². The monoisotopic (exact) mass is 397 g/mol. The van der Waals surface area contributed by atoms with Gasteiger partial charge >= 0.3 is 6.18 Å². The number of aliphatic imine (C=N–C) groups is 2. The van der Waals surface area contributed by atoms with Crippen LogP contribution in [0.3, 0.4) is 0 Å². The number of halogens is 3. The van der Waals surface area contributed by atoms with Crippen LogP contribution in [0.2, 0.25) is 0 Å². The van der Waals surface area contributed by atoms with E-state index in [2.05, 4.69) is 15.0 Å². The van der Waals surface area contributed by atoms with Crippen molar-refractivity contribution in [3.05, 3.63) is 29.1 Å². The molecular formula is C20H26F3N3O2. The van der Waals surface area contributed by atoms with Crippen molar-refractivity contribution in [1.82, 2.24) is 4.98 Å². The maximum atomic E-state index is 13.5. The average molecular weight is 397 g/mol. The van der Waals surface area contributed by atoms with Gasteiger partial charge in [0.2, 0.25) is 11.8 Å². The minimum Gasteiger partial charge on any atom is -0.474 e. The van der Waals surface area contributed by atoms with Crippen molar-refractivity contribution in [3.63, 3.8) is 0 Å². The first-order valence-electron chi connectivity index (χ1n) is 9.26. The Labute approximate surface area is 163 Å². The van der Waals surface area contributed by atoms with Gasteiger partial charge in [0.25, 0.3) is 0 Å². The van der Waals surface area contributed by atoms with Crippen LogP contribution in [0.15, 0.2) is 22.1 Å². The van der Waals surface area contributed by atoms with Crippen molar-refractivity contribution in [2.45, 2.75) is 59.8 Å². The number of aromatic nitrogens is 1. The molecule has 2 unspecified atom stereocenters. The second-order valence-electron chi connectivity index (χ2n) is 9.38. The molecule has 1 aromatic rings. The molecule has 0 saturated carbocycles. The zero-order chi connectivity index (χ0) is 20.9. The van der Waals surface area contributed by atoms with E-state index in [1.54, 1.807) is 0 Å². The third-order valence-electron chi connectivity index (χ3n) is 4.89. The van der Waals surface area contributed by atoms with Crippen LogP contribution in [0, 0.1) is 10.8 Å². The van der Waals surface area contributed by atoms with Crippen LogP contribution in [0.5, 0.6) is 0 Å². The van der Waals surface area contributed by atoms with Crippen molar-refractivity contribution in [2.75, 3.05) is 13.2 Å². The number of nitrogens with zero attached hydrogens (tertiary/aromatic N) is 3. The maximum Gasteiger partial charge on any atom is 0.416 e. The smallest absolute Gasteiger partial charge is 0.416 e. The largest absolute Gasteiger partial charge is 0.474 e. The summed E-state index contributed by atoms with van der Waals surface area (Å²) in [6.45, 7) is 12.7. The highest BCUT2D eigenvalue weighted by molar-refractivity contribution is 5.97. The highest BCUT2D eigenvalue weighted by atomic mass is 19.4. The molecule has 8 heteroatoms. The van der Waals surface area contributed by atoms with E-state index < -0.39 is 11.7 Å². The van der Waals surface area contributed by atoms with E-state index in [0.29, 0.717) is 13.2 Å². The Morgan fingerprint density at radius 3 is 1.46 bits per heavy atom. The molecule has 28 heavy (non-hydrogen) atoms. The first kappa shape index (κ1) is 20.6. The molecular weight excluding hydrogens is 371 g/mol.